The molecule has 2 aliphatic rings. The topological polar surface area (TPSA) is 88.1 Å². The van der Waals surface area contributed by atoms with Crippen molar-refractivity contribution >= 4 is 23.6 Å². The van der Waals surface area contributed by atoms with Crippen LogP contribution in [0.5, 0.6) is 5.75 Å². The number of para-hydroxylation sites is 1. The summed E-state index contributed by atoms with van der Waals surface area (Å²) in [5.74, 6) is -0.337. The Kier molecular flexibility index (Phi) is 5.75. The van der Waals surface area contributed by atoms with Crippen LogP contribution in [0.15, 0.2) is 77.8 Å². The minimum atomic E-state index is -0.574. The second-order valence-electron chi connectivity index (χ2n) is 7.16. The Labute approximate surface area is 179 Å². The molecular formula is C24H21N3O4. The second-order valence-corrected chi connectivity index (χ2v) is 7.16. The van der Waals surface area contributed by atoms with Crippen LogP contribution in [0.25, 0.3) is 0 Å². The Morgan fingerprint density at radius 3 is 2.65 bits per heavy atom. The van der Waals surface area contributed by atoms with E-state index in [4.69, 9.17) is 4.74 Å². The van der Waals surface area contributed by atoms with Gasteiger partial charge in [0.25, 0.3) is 5.91 Å². The Bertz CT molecular complexity index is 1120. The Morgan fingerprint density at radius 2 is 1.87 bits per heavy atom. The quantitative estimate of drug-likeness (QED) is 0.784. The number of carbonyl (C=O) groups excluding carboxylic acids is 3. The van der Waals surface area contributed by atoms with Gasteiger partial charge in [-0.3, -0.25) is 14.5 Å². The highest BCUT2D eigenvalue weighted by atomic mass is 16.5. The van der Waals surface area contributed by atoms with Crippen molar-refractivity contribution in [3.63, 3.8) is 0 Å². The van der Waals surface area contributed by atoms with Crippen molar-refractivity contribution < 1.29 is 19.1 Å². The Hall–Kier alpha value is -4.00. The SMILES string of the molecule is COc1ccccc1CNC(=O)c1ccc(CN2C(=O)N=C3C=CC=CC3C2=O)cc1. The van der Waals surface area contributed by atoms with Crippen molar-refractivity contribution in [3.05, 3.63) is 89.5 Å². The van der Waals surface area contributed by atoms with Gasteiger partial charge in [0.1, 0.15) is 5.75 Å². The predicted octanol–water partition coefficient (Wildman–Crippen LogP) is 3.27. The molecule has 0 aromatic heterocycles. The molecule has 1 unspecified atom stereocenters. The lowest BCUT2D eigenvalue weighted by atomic mass is 9.95. The number of nitrogens with zero attached hydrogens (tertiary/aromatic N) is 2. The summed E-state index contributed by atoms with van der Waals surface area (Å²) in [4.78, 5) is 42.6. The molecule has 0 fully saturated rings. The number of rotatable bonds is 6. The number of aliphatic imine (C=N–C) groups is 1. The number of allylic oxidation sites excluding steroid dienone is 3. The van der Waals surface area contributed by atoms with E-state index in [-0.39, 0.29) is 18.4 Å². The summed E-state index contributed by atoms with van der Waals surface area (Å²) in [5.41, 5.74) is 2.56. The number of urea groups is 1. The first-order valence-electron chi connectivity index (χ1n) is 9.84. The monoisotopic (exact) mass is 415 g/mol. The number of ether oxygens (including phenoxy) is 1. The normalized spacial score (nSPS) is 17.3. The molecule has 0 bridgehead atoms. The first-order chi connectivity index (χ1) is 15.1. The number of methoxy groups -OCH3 is 1. The van der Waals surface area contributed by atoms with Crippen LogP contribution in [0, 0.1) is 5.92 Å². The summed E-state index contributed by atoms with van der Waals surface area (Å²) < 4.78 is 5.29. The zero-order chi connectivity index (χ0) is 21.8. The van der Waals surface area contributed by atoms with Gasteiger partial charge in [0.15, 0.2) is 0 Å². The molecule has 2 aromatic carbocycles. The summed E-state index contributed by atoms with van der Waals surface area (Å²) in [6.07, 6.45) is 6.93. The standard InChI is InChI=1S/C24H21N3O4/c1-31-21-9-5-2-6-18(21)14-25-22(28)17-12-10-16(11-13-17)15-27-23(29)19-7-3-4-8-20(19)26-24(27)30/h2-13,19H,14-15H2,1H3,(H,25,28). The number of fused-ring (bicyclic) bond motifs is 1. The van der Waals surface area contributed by atoms with Crippen molar-refractivity contribution in [2.24, 2.45) is 10.9 Å². The molecule has 4 rings (SSSR count). The van der Waals surface area contributed by atoms with Crippen LogP contribution in [0.3, 0.4) is 0 Å². The number of imide groups is 1. The van der Waals surface area contributed by atoms with E-state index in [1.807, 2.05) is 24.3 Å². The van der Waals surface area contributed by atoms with Crippen molar-refractivity contribution in [2.45, 2.75) is 13.1 Å². The molecule has 31 heavy (non-hydrogen) atoms. The van der Waals surface area contributed by atoms with E-state index in [9.17, 15) is 14.4 Å². The van der Waals surface area contributed by atoms with E-state index in [1.54, 1.807) is 55.7 Å². The molecule has 0 saturated carbocycles. The van der Waals surface area contributed by atoms with Gasteiger partial charge in [-0.05, 0) is 29.8 Å². The lowest BCUT2D eigenvalue weighted by Crippen LogP contribution is -2.45. The zero-order valence-corrected chi connectivity index (χ0v) is 16.9. The highest BCUT2D eigenvalue weighted by molar-refractivity contribution is 6.21. The van der Waals surface area contributed by atoms with Crippen LogP contribution in [-0.4, -0.2) is 35.6 Å². The van der Waals surface area contributed by atoms with E-state index in [2.05, 4.69) is 10.3 Å². The van der Waals surface area contributed by atoms with Gasteiger partial charge in [-0.25, -0.2) is 4.79 Å². The smallest absolute Gasteiger partial charge is 0.350 e. The van der Waals surface area contributed by atoms with Gasteiger partial charge >= 0.3 is 6.03 Å². The molecule has 4 amide bonds. The Balaban J connectivity index is 1.40. The molecule has 7 nitrogen and oxygen atoms in total. The molecule has 1 aliphatic heterocycles. The minimum Gasteiger partial charge on any atom is -0.496 e. The maximum Gasteiger partial charge on any atom is 0.350 e. The first-order valence-corrected chi connectivity index (χ1v) is 9.84. The average Bonchev–Trinajstić information content (AvgIpc) is 2.80. The summed E-state index contributed by atoms with van der Waals surface area (Å²) in [5, 5.41) is 2.87. The third-order valence-corrected chi connectivity index (χ3v) is 5.18. The van der Waals surface area contributed by atoms with Gasteiger partial charge in [-0.15, -0.1) is 0 Å². The fraction of sp³-hybridized carbons (Fsp3) is 0.167. The van der Waals surface area contributed by atoms with Gasteiger partial charge in [0.05, 0.1) is 25.3 Å². The minimum absolute atomic E-state index is 0.103. The molecule has 0 saturated heterocycles. The fourth-order valence-electron chi connectivity index (χ4n) is 3.50. The molecule has 7 heteroatoms. The van der Waals surface area contributed by atoms with E-state index < -0.39 is 11.9 Å². The maximum absolute atomic E-state index is 12.7. The zero-order valence-electron chi connectivity index (χ0n) is 16.9. The summed E-state index contributed by atoms with van der Waals surface area (Å²) in [6.45, 7) is 0.441. The predicted molar refractivity (Wildman–Crippen MR) is 116 cm³/mol. The van der Waals surface area contributed by atoms with Crippen LogP contribution >= 0.6 is 0 Å². The third-order valence-electron chi connectivity index (χ3n) is 5.18. The van der Waals surface area contributed by atoms with E-state index in [1.165, 1.54) is 0 Å². The van der Waals surface area contributed by atoms with E-state index in [0.717, 1.165) is 16.0 Å². The highest BCUT2D eigenvalue weighted by Crippen LogP contribution is 2.22. The molecule has 0 spiro atoms. The summed E-state index contributed by atoms with van der Waals surface area (Å²) in [6, 6.07) is 13.7. The number of carbonyl (C=O) groups is 3. The van der Waals surface area contributed by atoms with E-state index in [0.29, 0.717) is 23.6 Å². The summed E-state index contributed by atoms with van der Waals surface area (Å²) >= 11 is 0. The molecule has 1 N–H and O–H groups in total. The van der Waals surface area contributed by atoms with Gasteiger partial charge in [-0.2, -0.15) is 4.99 Å². The van der Waals surface area contributed by atoms with Gasteiger partial charge in [-0.1, -0.05) is 48.6 Å². The number of nitrogens with one attached hydrogen (secondary N) is 1. The van der Waals surface area contributed by atoms with Crippen molar-refractivity contribution in [1.82, 2.24) is 10.2 Å². The number of hydrogen-bond donors (Lipinski definition) is 1. The van der Waals surface area contributed by atoms with E-state index >= 15 is 0 Å². The van der Waals surface area contributed by atoms with Crippen molar-refractivity contribution in [2.75, 3.05) is 7.11 Å². The molecule has 1 aliphatic carbocycles. The second kappa shape index (κ2) is 8.79. The third kappa shape index (κ3) is 4.30. The molecule has 0 radical (unpaired) electrons. The van der Waals surface area contributed by atoms with Gasteiger partial charge in [0, 0.05) is 17.7 Å². The van der Waals surface area contributed by atoms with Crippen LogP contribution < -0.4 is 10.1 Å². The lowest BCUT2D eigenvalue weighted by Gasteiger charge is -2.28. The lowest BCUT2D eigenvalue weighted by molar-refractivity contribution is -0.129. The number of benzene rings is 2. The molecule has 2 aromatic rings. The van der Waals surface area contributed by atoms with Crippen LogP contribution in [0.1, 0.15) is 21.5 Å². The number of hydrogen-bond acceptors (Lipinski definition) is 4. The molecular weight excluding hydrogens is 394 g/mol. The number of amides is 4. The van der Waals surface area contributed by atoms with Crippen LogP contribution in [0.4, 0.5) is 4.79 Å². The average molecular weight is 415 g/mol. The maximum atomic E-state index is 12.7. The molecule has 156 valence electrons. The van der Waals surface area contributed by atoms with Crippen LogP contribution in [0.2, 0.25) is 0 Å². The fourth-order valence-corrected chi connectivity index (χ4v) is 3.50. The largest absolute Gasteiger partial charge is 0.496 e. The Morgan fingerprint density at radius 1 is 1.10 bits per heavy atom. The van der Waals surface area contributed by atoms with Crippen molar-refractivity contribution in [1.29, 1.82) is 0 Å². The summed E-state index contributed by atoms with van der Waals surface area (Å²) in [7, 11) is 1.59. The van der Waals surface area contributed by atoms with Crippen molar-refractivity contribution in [3.8, 4) is 5.75 Å². The highest BCUT2D eigenvalue weighted by Gasteiger charge is 2.35. The van der Waals surface area contributed by atoms with Gasteiger partial charge < -0.3 is 10.1 Å². The molecule has 1 heterocycles. The first kappa shape index (κ1) is 20.3. The van der Waals surface area contributed by atoms with Gasteiger partial charge in [0.2, 0.25) is 5.91 Å². The molecule has 1 atom stereocenters. The van der Waals surface area contributed by atoms with Crippen LogP contribution in [-0.2, 0) is 17.9 Å².